The molecule has 1 unspecified atom stereocenters. The van der Waals surface area contributed by atoms with Crippen molar-refractivity contribution < 1.29 is 23.9 Å². The van der Waals surface area contributed by atoms with Gasteiger partial charge < -0.3 is 9.47 Å². The van der Waals surface area contributed by atoms with Crippen molar-refractivity contribution in [2.45, 2.75) is 78.0 Å². The maximum Gasteiger partial charge on any atom is 0.417 e. The zero-order chi connectivity index (χ0) is 18.7. The van der Waals surface area contributed by atoms with Crippen molar-refractivity contribution in [2.24, 2.45) is 5.92 Å². The first kappa shape index (κ1) is 20.2. The summed E-state index contributed by atoms with van der Waals surface area (Å²) in [4.78, 5) is 38.6. The van der Waals surface area contributed by atoms with Gasteiger partial charge in [0.25, 0.3) is 0 Å². The number of rotatable bonds is 3. The fraction of sp³-hybridized carbons (Fsp3) is 0.722. The van der Waals surface area contributed by atoms with Crippen LogP contribution in [0.15, 0.2) is 12.7 Å². The van der Waals surface area contributed by atoms with E-state index in [2.05, 4.69) is 6.58 Å². The molecule has 0 radical (unpaired) electrons. The summed E-state index contributed by atoms with van der Waals surface area (Å²) in [5.41, 5.74) is -1.46. The summed E-state index contributed by atoms with van der Waals surface area (Å²) < 4.78 is 10.7. The van der Waals surface area contributed by atoms with E-state index >= 15 is 0 Å². The molecule has 1 rings (SSSR count). The number of ether oxygens (including phenoxy) is 2. The van der Waals surface area contributed by atoms with Crippen molar-refractivity contribution >= 4 is 18.0 Å². The molecular weight excluding hydrogens is 310 g/mol. The molecule has 6 heteroatoms. The largest absolute Gasteiger partial charge is 0.458 e. The topological polar surface area (TPSA) is 72.9 Å². The van der Waals surface area contributed by atoms with Crippen LogP contribution >= 0.6 is 0 Å². The third-order valence-electron chi connectivity index (χ3n) is 3.41. The van der Waals surface area contributed by atoms with Crippen LogP contribution in [-0.2, 0) is 19.1 Å². The number of carbonyl (C=O) groups excluding carboxylic acids is 3. The Labute approximate surface area is 144 Å². The highest BCUT2D eigenvalue weighted by Gasteiger charge is 2.45. The lowest BCUT2D eigenvalue weighted by atomic mass is 9.89. The van der Waals surface area contributed by atoms with Crippen LogP contribution in [0.2, 0.25) is 0 Å². The molecule has 24 heavy (non-hydrogen) atoms. The van der Waals surface area contributed by atoms with Crippen LogP contribution in [0.25, 0.3) is 0 Å². The Hall–Kier alpha value is -1.85. The summed E-state index contributed by atoms with van der Waals surface area (Å²) >= 11 is 0. The van der Waals surface area contributed by atoms with Gasteiger partial charge in [-0.3, -0.25) is 4.79 Å². The summed E-state index contributed by atoms with van der Waals surface area (Å²) in [5.74, 6) is -1.36. The normalized spacial score (nSPS) is 22.1. The second-order valence-corrected chi connectivity index (χ2v) is 8.04. The number of esters is 1. The molecule has 1 fully saturated rings. The molecule has 0 aromatic carbocycles. The highest BCUT2D eigenvalue weighted by Crippen LogP contribution is 2.29. The Morgan fingerprint density at radius 3 is 2.12 bits per heavy atom. The number of carbonyl (C=O) groups is 3. The van der Waals surface area contributed by atoms with Crippen molar-refractivity contribution in [1.29, 1.82) is 0 Å². The minimum atomic E-state index is -0.951. The minimum absolute atomic E-state index is 0.360. The lowest BCUT2D eigenvalue weighted by Crippen LogP contribution is -2.56. The van der Waals surface area contributed by atoms with E-state index in [1.807, 2.05) is 0 Å². The smallest absolute Gasteiger partial charge is 0.417 e. The van der Waals surface area contributed by atoms with Gasteiger partial charge in [0.15, 0.2) is 0 Å². The number of imide groups is 1. The molecule has 0 aromatic heterocycles. The van der Waals surface area contributed by atoms with Gasteiger partial charge in [-0.05, 0) is 60.8 Å². The second-order valence-electron chi connectivity index (χ2n) is 8.04. The van der Waals surface area contributed by atoms with E-state index in [-0.39, 0.29) is 5.92 Å². The average Bonchev–Trinajstić information content (AvgIpc) is 2.36. The van der Waals surface area contributed by atoms with E-state index in [4.69, 9.17) is 9.47 Å². The van der Waals surface area contributed by atoms with E-state index in [9.17, 15) is 14.4 Å². The van der Waals surface area contributed by atoms with Crippen LogP contribution in [0.1, 0.15) is 60.8 Å². The molecule has 0 aromatic rings. The second kappa shape index (κ2) is 7.36. The van der Waals surface area contributed by atoms with Crippen LogP contribution in [-0.4, -0.2) is 40.1 Å². The monoisotopic (exact) mass is 339 g/mol. The average molecular weight is 339 g/mol. The predicted molar refractivity (Wildman–Crippen MR) is 90.3 cm³/mol. The Balaban J connectivity index is 3.07. The number of likely N-dealkylation sites (tertiary alicyclic amines) is 1. The predicted octanol–water partition coefficient (Wildman–Crippen LogP) is 3.45. The molecule has 0 N–H and O–H groups in total. The summed E-state index contributed by atoms with van der Waals surface area (Å²) in [5, 5.41) is 0. The number of amides is 2. The molecule has 1 saturated heterocycles. The van der Waals surface area contributed by atoms with Gasteiger partial charge in [0.2, 0.25) is 5.91 Å². The van der Waals surface area contributed by atoms with Crippen LogP contribution < -0.4 is 0 Å². The minimum Gasteiger partial charge on any atom is -0.458 e. The van der Waals surface area contributed by atoms with Crippen molar-refractivity contribution in [3.05, 3.63) is 12.7 Å². The molecule has 1 aliphatic rings. The third kappa shape index (κ3) is 5.65. The van der Waals surface area contributed by atoms with E-state index in [1.54, 1.807) is 47.6 Å². The Morgan fingerprint density at radius 1 is 1.12 bits per heavy atom. The number of hydrogen-bond donors (Lipinski definition) is 0. The maximum atomic E-state index is 12.7. The lowest BCUT2D eigenvalue weighted by Gasteiger charge is -2.37. The van der Waals surface area contributed by atoms with Gasteiger partial charge in [-0.1, -0.05) is 6.08 Å². The molecule has 1 heterocycles. The quantitative estimate of drug-likeness (QED) is 0.582. The fourth-order valence-corrected chi connectivity index (χ4v) is 2.50. The summed E-state index contributed by atoms with van der Waals surface area (Å²) in [6.07, 6.45) is 2.16. The van der Waals surface area contributed by atoms with Crippen molar-refractivity contribution in [3.63, 3.8) is 0 Å². The highest BCUT2D eigenvalue weighted by atomic mass is 16.6. The van der Waals surface area contributed by atoms with E-state index in [0.29, 0.717) is 19.3 Å². The lowest BCUT2D eigenvalue weighted by molar-refractivity contribution is -0.167. The van der Waals surface area contributed by atoms with E-state index < -0.39 is 35.2 Å². The first-order chi connectivity index (χ1) is 10.9. The Kier molecular flexibility index (Phi) is 6.20. The summed E-state index contributed by atoms with van der Waals surface area (Å²) in [7, 11) is 0. The summed E-state index contributed by atoms with van der Waals surface area (Å²) in [6.45, 7) is 14.0. The maximum absolute atomic E-state index is 12.7. The molecule has 6 nitrogen and oxygen atoms in total. The SMILES string of the molecule is C=CCC1CC[C@@H](C(=O)OC(C)(C)C)N(C(=O)OC(C)(C)C)C1=O. The van der Waals surface area contributed by atoms with Crippen molar-refractivity contribution in [1.82, 2.24) is 4.90 Å². The standard InChI is InChI=1S/C18H29NO5/c1-8-9-12-10-11-13(15(21)23-17(2,3)4)19(14(12)20)16(22)24-18(5,6)7/h8,12-13H,1,9-11H2,2-7H3/t12?,13-/m0/s1. The van der Waals surface area contributed by atoms with Gasteiger partial charge in [-0.25, -0.2) is 14.5 Å². The Bertz CT molecular complexity index is 512. The third-order valence-corrected chi connectivity index (χ3v) is 3.41. The molecule has 2 atom stereocenters. The van der Waals surface area contributed by atoms with Crippen molar-refractivity contribution in [2.75, 3.05) is 0 Å². The van der Waals surface area contributed by atoms with Gasteiger partial charge in [0, 0.05) is 5.92 Å². The molecule has 1 aliphatic heterocycles. The molecule has 0 aliphatic carbocycles. The number of allylic oxidation sites excluding steroid dienone is 1. The number of piperidine rings is 1. The van der Waals surface area contributed by atoms with Crippen LogP contribution in [0.4, 0.5) is 4.79 Å². The van der Waals surface area contributed by atoms with Crippen LogP contribution in [0, 0.1) is 5.92 Å². The Morgan fingerprint density at radius 2 is 1.67 bits per heavy atom. The number of hydrogen-bond acceptors (Lipinski definition) is 5. The molecular formula is C18H29NO5. The van der Waals surface area contributed by atoms with Gasteiger partial charge in [-0.15, -0.1) is 6.58 Å². The van der Waals surface area contributed by atoms with Gasteiger partial charge in [0.05, 0.1) is 0 Å². The van der Waals surface area contributed by atoms with E-state index in [0.717, 1.165) is 4.90 Å². The first-order valence-electron chi connectivity index (χ1n) is 8.25. The molecule has 136 valence electrons. The zero-order valence-electron chi connectivity index (χ0n) is 15.5. The van der Waals surface area contributed by atoms with E-state index in [1.165, 1.54) is 0 Å². The molecule has 2 amide bonds. The summed E-state index contributed by atoms with van der Waals surface area (Å²) in [6, 6.07) is -0.951. The van der Waals surface area contributed by atoms with Gasteiger partial charge in [-0.2, -0.15) is 0 Å². The molecule has 0 spiro atoms. The first-order valence-corrected chi connectivity index (χ1v) is 8.25. The zero-order valence-corrected chi connectivity index (χ0v) is 15.5. The van der Waals surface area contributed by atoms with Gasteiger partial charge in [0.1, 0.15) is 17.2 Å². The van der Waals surface area contributed by atoms with Crippen LogP contribution in [0.5, 0.6) is 0 Å². The molecule has 0 bridgehead atoms. The highest BCUT2D eigenvalue weighted by molar-refractivity contribution is 5.99. The van der Waals surface area contributed by atoms with Crippen LogP contribution in [0.3, 0.4) is 0 Å². The number of nitrogens with zero attached hydrogens (tertiary/aromatic N) is 1. The molecule has 0 saturated carbocycles. The van der Waals surface area contributed by atoms with Crippen molar-refractivity contribution in [3.8, 4) is 0 Å². The van der Waals surface area contributed by atoms with Gasteiger partial charge >= 0.3 is 12.1 Å². The fourth-order valence-electron chi connectivity index (χ4n) is 2.50.